The minimum atomic E-state index is -0.536. The van der Waals surface area contributed by atoms with Crippen molar-refractivity contribution < 1.29 is 0 Å². The van der Waals surface area contributed by atoms with Crippen LogP contribution in [-0.4, -0.2) is 14.1 Å². The van der Waals surface area contributed by atoms with Crippen molar-refractivity contribution in [2.75, 3.05) is 23.9 Å². The second kappa shape index (κ2) is 16.6. The molecule has 15 aromatic rings. The summed E-state index contributed by atoms with van der Waals surface area (Å²) in [4.78, 5) is 4.98. The molecule has 15 aromatic carbocycles. The van der Waals surface area contributed by atoms with Crippen LogP contribution in [0.1, 0.15) is 44.5 Å². The smallest absolute Gasteiger partial charge is 0.0754 e. The Morgan fingerprint density at radius 2 is 0.571 bits per heavy atom. The van der Waals surface area contributed by atoms with E-state index in [0.29, 0.717) is 0 Å². The highest BCUT2D eigenvalue weighted by atomic mass is 15.1. The molecule has 390 valence electrons. The SMILES string of the molecule is CN1c2ccccc2C2(c3ccccc3-c3ccccc32)c2cccc(-c3cccc4c(-c5cc6cccc7ccc8cccc5c8c76)c5cccc(-c6cccc7c6N(C)c6ccccc6C76c7ccccc7-c7ccccc76)c5cc34)c21. The number of fused-ring (bicyclic) bond motifs is 20. The Kier molecular flexibility index (Phi) is 9.09. The summed E-state index contributed by atoms with van der Waals surface area (Å²) in [6, 6.07) is 107. The summed E-state index contributed by atoms with van der Waals surface area (Å²) < 4.78 is 0. The maximum atomic E-state index is 2.57. The Hall–Kier alpha value is -10.5. The molecule has 0 saturated heterocycles. The predicted octanol–water partition coefficient (Wildman–Crippen LogP) is 20.8. The molecule has 0 amide bonds. The van der Waals surface area contributed by atoms with Crippen LogP contribution < -0.4 is 9.80 Å². The standard InChI is InChI=1S/C82H52N2/c1-83-74-43-13-11-39-70(74)81(66-35-7-3-24-54(66)55-25-4-8-36-67(55)81)72-41-19-33-61(79(72)83)52-28-17-31-58-63(52)48-64-53(29-18-32-59(64)78(58)65-47-51-23-15-21-49-45-46-50-22-16-30-60(65)77(50)76(49)51)62-34-20-42-73-80(62)84(2)75-44-14-12-40-71(75)82(73)68-37-9-5-26-56(68)57-27-6-10-38-69(57)82/h3-48H,1-2H3. The molecule has 0 bridgehead atoms. The van der Waals surface area contributed by atoms with Crippen molar-refractivity contribution in [1.29, 1.82) is 0 Å². The second-order valence-electron chi connectivity index (χ2n) is 23.8. The van der Waals surface area contributed by atoms with Crippen molar-refractivity contribution >= 4 is 76.6 Å². The third-order valence-corrected chi connectivity index (χ3v) is 20.2. The van der Waals surface area contributed by atoms with Gasteiger partial charge in [-0.05, 0) is 167 Å². The van der Waals surface area contributed by atoms with E-state index in [4.69, 9.17) is 0 Å². The van der Waals surface area contributed by atoms with Crippen LogP contribution in [0.5, 0.6) is 0 Å². The van der Waals surface area contributed by atoms with E-state index in [1.807, 2.05) is 0 Å². The minimum Gasteiger partial charge on any atom is -0.344 e. The third kappa shape index (κ3) is 5.57. The summed E-state index contributed by atoms with van der Waals surface area (Å²) in [5.74, 6) is 0. The molecule has 2 aliphatic heterocycles. The van der Waals surface area contributed by atoms with Crippen molar-refractivity contribution in [3.05, 3.63) is 324 Å². The van der Waals surface area contributed by atoms with Gasteiger partial charge in [0.15, 0.2) is 0 Å². The van der Waals surface area contributed by atoms with Crippen LogP contribution in [0, 0.1) is 0 Å². The van der Waals surface area contributed by atoms with Crippen LogP contribution in [0.25, 0.3) is 109 Å². The first-order chi connectivity index (χ1) is 41.5. The average Bonchev–Trinajstić information content (AvgIpc) is 1.48. The first kappa shape index (κ1) is 46.1. The Labute approximate surface area is 487 Å². The molecule has 0 N–H and O–H groups in total. The lowest BCUT2D eigenvalue weighted by molar-refractivity contribution is 0.749. The molecule has 2 heterocycles. The van der Waals surface area contributed by atoms with Gasteiger partial charge < -0.3 is 9.80 Å². The van der Waals surface area contributed by atoms with Crippen molar-refractivity contribution in [3.63, 3.8) is 0 Å². The first-order valence-electron chi connectivity index (χ1n) is 29.5. The van der Waals surface area contributed by atoms with Gasteiger partial charge in [0.1, 0.15) is 0 Å². The van der Waals surface area contributed by atoms with Gasteiger partial charge in [-0.3, -0.25) is 0 Å². The molecule has 19 rings (SSSR count). The van der Waals surface area contributed by atoms with Crippen LogP contribution in [0.2, 0.25) is 0 Å². The van der Waals surface area contributed by atoms with E-state index in [9.17, 15) is 0 Å². The topological polar surface area (TPSA) is 6.48 Å². The third-order valence-electron chi connectivity index (χ3n) is 20.2. The number of rotatable bonds is 3. The molecule has 0 aromatic heterocycles. The van der Waals surface area contributed by atoms with Gasteiger partial charge in [-0.25, -0.2) is 0 Å². The summed E-state index contributed by atoms with van der Waals surface area (Å²) in [6.07, 6.45) is 0. The van der Waals surface area contributed by atoms with Gasteiger partial charge in [0, 0.05) is 36.6 Å². The Morgan fingerprint density at radius 3 is 1.06 bits per heavy atom. The fraction of sp³-hybridized carbons (Fsp3) is 0.0488. The molecule has 0 fully saturated rings. The minimum absolute atomic E-state index is 0.536. The molecule has 0 saturated carbocycles. The fourth-order valence-corrected chi connectivity index (χ4v) is 17.1. The summed E-state index contributed by atoms with van der Waals surface area (Å²) in [5.41, 5.74) is 26.9. The zero-order valence-electron chi connectivity index (χ0n) is 46.5. The van der Waals surface area contributed by atoms with E-state index in [0.717, 1.165) is 0 Å². The maximum Gasteiger partial charge on any atom is 0.0754 e. The lowest BCUT2D eigenvalue weighted by Crippen LogP contribution is -2.36. The molecular weight excluding hydrogens is 1010 g/mol. The molecule has 2 nitrogen and oxygen atoms in total. The first-order valence-corrected chi connectivity index (χ1v) is 29.5. The quantitative estimate of drug-likeness (QED) is 0.129. The molecule has 0 atom stereocenters. The molecule has 84 heavy (non-hydrogen) atoms. The van der Waals surface area contributed by atoms with Gasteiger partial charge >= 0.3 is 0 Å². The Morgan fingerprint density at radius 1 is 0.226 bits per heavy atom. The number of anilines is 4. The second-order valence-corrected chi connectivity index (χ2v) is 23.8. The number of hydrogen-bond donors (Lipinski definition) is 0. The molecule has 0 radical (unpaired) electrons. The van der Waals surface area contributed by atoms with Gasteiger partial charge in [-0.1, -0.05) is 255 Å². The monoisotopic (exact) mass is 1060 g/mol. The van der Waals surface area contributed by atoms with E-state index in [1.54, 1.807) is 0 Å². The molecule has 4 aliphatic rings. The number of para-hydroxylation sites is 4. The Bertz CT molecular complexity index is 5040. The average molecular weight is 1070 g/mol. The highest BCUT2D eigenvalue weighted by Gasteiger charge is 2.53. The van der Waals surface area contributed by atoms with Gasteiger partial charge in [0.05, 0.1) is 22.2 Å². The molecule has 2 aliphatic carbocycles. The number of benzene rings is 15. The van der Waals surface area contributed by atoms with Crippen LogP contribution in [0.3, 0.4) is 0 Å². The molecule has 2 heteroatoms. The highest BCUT2D eigenvalue weighted by Crippen LogP contribution is 2.66. The lowest BCUT2D eigenvalue weighted by Gasteiger charge is -2.44. The largest absolute Gasteiger partial charge is 0.344 e. The van der Waals surface area contributed by atoms with Crippen molar-refractivity contribution in [2.24, 2.45) is 0 Å². The van der Waals surface area contributed by atoms with Crippen molar-refractivity contribution in [1.82, 2.24) is 0 Å². The van der Waals surface area contributed by atoms with Crippen LogP contribution in [-0.2, 0) is 10.8 Å². The number of nitrogens with zero attached hydrogens (tertiary/aromatic N) is 2. The summed E-state index contributed by atoms with van der Waals surface area (Å²) >= 11 is 0. The van der Waals surface area contributed by atoms with Gasteiger partial charge in [-0.15, -0.1) is 0 Å². The van der Waals surface area contributed by atoms with E-state index in [1.165, 1.54) is 177 Å². The van der Waals surface area contributed by atoms with E-state index in [2.05, 4.69) is 303 Å². The van der Waals surface area contributed by atoms with Gasteiger partial charge in [-0.2, -0.15) is 0 Å². The Balaban J connectivity index is 0.946. The zero-order chi connectivity index (χ0) is 55.2. The van der Waals surface area contributed by atoms with E-state index >= 15 is 0 Å². The molecule has 2 spiro atoms. The van der Waals surface area contributed by atoms with Gasteiger partial charge in [0.2, 0.25) is 0 Å². The van der Waals surface area contributed by atoms with E-state index < -0.39 is 10.8 Å². The summed E-state index contributed by atoms with van der Waals surface area (Å²) in [5, 5.41) is 12.6. The van der Waals surface area contributed by atoms with Crippen LogP contribution in [0.4, 0.5) is 22.7 Å². The highest BCUT2D eigenvalue weighted by molar-refractivity contribution is 6.30. The zero-order valence-corrected chi connectivity index (χ0v) is 46.5. The fourth-order valence-electron chi connectivity index (χ4n) is 17.1. The van der Waals surface area contributed by atoms with Crippen molar-refractivity contribution in [3.8, 4) is 55.6 Å². The summed E-state index contributed by atoms with van der Waals surface area (Å²) in [6.45, 7) is 0. The normalized spacial score (nSPS) is 14.5. The lowest BCUT2D eigenvalue weighted by atomic mass is 9.64. The van der Waals surface area contributed by atoms with Crippen molar-refractivity contribution in [2.45, 2.75) is 10.8 Å². The molecular formula is C82H52N2. The van der Waals surface area contributed by atoms with Gasteiger partial charge in [0.25, 0.3) is 0 Å². The summed E-state index contributed by atoms with van der Waals surface area (Å²) in [7, 11) is 4.58. The number of hydrogen-bond acceptors (Lipinski definition) is 2. The maximum absolute atomic E-state index is 2.57. The van der Waals surface area contributed by atoms with Crippen LogP contribution in [0.15, 0.2) is 279 Å². The van der Waals surface area contributed by atoms with E-state index in [-0.39, 0.29) is 0 Å². The van der Waals surface area contributed by atoms with Crippen LogP contribution >= 0.6 is 0 Å². The predicted molar refractivity (Wildman–Crippen MR) is 352 cm³/mol. The molecule has 0 unspecified atom stereocenters.